The summed E-state index contributed by atoms with van der Waals surface area (Å²) in [4.78, 5) is 12.1. The molecule has 1 aliphatic heterocycles. The summed E-state index contributed by atoms with van der Waals surface area (Å²) in [5.41, 5.74) is 6.64. The summed E-state index contributed by atoms with van der Waals surface area (Å²) in [6.45, 7) is 10.6. The third-order valence-corrected chi connectivity index (χ3v) is 4.67. The van der Waals surface area contributed by atoms with Gasteiger partial charge in [-0.1, -0.05) is 29.8 Å². The van der Waals surface area contributed by atoms with Crippen LogP contribution in [0, 0.1) is 13.8 Å². The Kier molecular flexibility index (Phi) is 4.80. The van der Waals surface area contributed by atoms with E-state index in [0.29, 0.717) is 0 Å². The second-order valence-corrected chi connectivity index (χ2v) is 8.00. The number of ether oxygens (including phenoxy) is 1. The van der Waals surface area contributed by atoms with Crippen LogP contribution in [0.5, 0.6) is 0 Å². The Morgan fingerprint density at radius 1 is 1.19 bits per heavy atom. The number of rotatable bonds is 4. The molecule has 0 amide bonds. The van der Waals surface area contributed by atoms with E-state index in [9.17, 15) is 9.90 Å². The summed E-state index contributed by atoms with van der Waals surface area (Å²) in [7, 11) is 0. The van der Waals surface area contributed by atoms with Gasteiger partial charge in [-0.25, -0.2) is 4.79 Å². The van der Waals surface area contributed by atoms with Crippen molar-refractivity contribution in [2.24, 2.45) is 0 Å². The summed E-state index contributed by atoms with van der Waals surface area (Å²) < 4.78 is 5.99. The first kappa shape index (κ1) is 18.5. The number of aryl methyl sites for hydroxylation is 2. The van der Waals surface area contributed by atoms with Crippen molar-refractivity contribution in [3.05, 3.63) is 52.6 Å². The Balaban J connectivity index is 2.27. The molecule has 0 spiro atoms. The summed E-state index contributed by atoms with van der Waals surface area (Å²) in [5, 5.41) is 13.4. The third-order valence-electron chi connectivity index (χ3n) is 4.67. The molecule has 0 fully saturated rings. The van der Waals surface area contributed by atoms with Gasteiger partial charge in [-0.15, -0.1) is 0 Å². The van der Waals surface area contributed by atoms with Gasteiger partial charge in [0.1, 0.15) is 0 Å². The lowest BCUT2D eigenvalue weighted by Gasteiger charge is -2.29. The van der Waals surface area contributed by atoms with Gasteiger partial charge in [0.05, 0.1) is 5.60 Å². The molecule has 0 saturated carbocycles. The molecule has 0 aromatic heterocycles. The Morgan fingerprint density at radius 2 is 1.85 bits per heavy atom. The molecule has 0 aliphatic carbocycles. The molecule has 4 nitrogen and oxygen atoms in total. The fraction of sp³-hybridized carbons (Fsp3) is 0.409. The van der Waals surface area contributed by atoms with E-state index in [4.69, 9.17) is 4.74 Å². The topological polar surface area (TPSA) is 58.6 Å². The highest BCUT2D eigenvalue weighted by molar-refractivity contribution is 5.86. The zero-order valence-electron chi connectivity index (χ0n) is 16.1. The van der Waals surface area contributed by atoms with E-state index in [0.717, 1.165) is 40.9 Å². The molecular formula is C22H27NO3. The largest absolute Gasteiger partial charge is 0.479 e. The predicted octanol–water partition coefficient (Wildman–Crippen LogP) is 4.88. The fourth-order valence-corrected chi connectivity index (χ4v) is 3.59. The van der Waals surface area contributed by atoms with Gasteiger partial charge in [-0.05, 0) is 69.4 Å². The van der Waals surface area contributed by atoms with Crippen LogP contribution in [0.25, 0.3) is 11.1 Å². The van der Waals surface area contributed by atoms with Crippen molar-refractivity contribution in [2.45, 2.75) is 52.7 Å². The molecule has 0 bridgehead atoms. The molecule has 2 aromatic rings. The van der Waals surface area contributed by atoms with E-state index < -0.39 is 17.7 Å². The maximum Gasteiger partial charge on any atom is 0.337 e. The molecule has 0 saturated heterocycles. The second kappa shape index (κ2) is 6.76. The van der Waals surface area contributed by atoms with Gasteiger partial charge in [0.25, 0.3) is 0 Å². The highest BCUT2D eigenvalue weighted by Gasteiger charge is 2.33. The molecule has 0 radical (unpaired) electrons. The number of fused-ring (bicyclic) bond motifs is 1. The highest BCUT2D eigenvalue weighted by atomic mass is 16.5. The normalized spacial score (nSPS) is 14.7. The number of benzene rings is 2. The first-order chi connectivity index (χ1) is 12.2. The quantitative estimate of drug-likeness (QED) is 0.822. The van der Waals surface area contributed by atoms with Crippen LogP contribution in [0.4, 0.5) is 5.69 Å². The lowest BCUT2D eigenvalue weighted by Crippen LogP contribution is -2.28. The standard InChI is InChI=1S/C22H27NO3/c1-13-6-8-15(9-7-13)19-16-10-11-23-17(16)12-14(2)18(19)20(21(24)25)26-22(3,4)5/h6-9,12,20,23H,10-11H2,1-5H3,(H,24,25)/t20-/m0/s1. The van der Waals surface area contributed by atoms with Crippen molar-refractivity contribution >= 4 is 11.7 Å². The number of carboxylic acids is 1. The molecule has 26 heavy (non-hydrogen) atoms. The minimum atomic E-state index is -1.00. The van der Waals surface area contributed by atoms with E-state index in [1.165, 1.54) is 11.1 Å². The highest BCUT2D eigenvalue weighted by Crippen LogP contribution is 2.42. The number of hydrogen-bond donors (Lipinski definition) is 2. The van der Waals surface area contributed by atoms with E-state index in [2.05, 4.69) is 42.6 Å². The average molecular weight is 353 g/mol. The minimum absolute atomic E-state index is 0.558. The van der Waals surface area contributed by atoms with Crippen LogP contribution in [0.3, 0.4) is 0 Å². The lowest BCUT2D eigenvalue weighted by molar-refractivity contribution is -0.160. The number of anilines is 1. The van der Waals surface area contributed by atoms with E-state index in [-0.39, 0.29) is 0 Å². The van der Waals surface area contributed by atoms with Crippen LogP contribution < -0.4 is 5.32 Å². The van der Waals surface area contributed by atoms with Crippen molar-refractivity contribution in [1.82, 2.24) is 0 Å². The smallest absolute Gasteiger partial charge is 0.337 e. The van der Waals surface area contributed by atoms with E-state index in [1.807, 2.05) is 27.7 Å². The summed E-state index contributed by atoms with van der Waals surface area (Å²) in [6, 6.07) is 10.3. The molecule has 2 N–H and O–H groups in total. The average Bonchev–Trinajstić information content (AvgIpc) is 2.99. The number of nitrogens with one attached hydrogen (secondary N) is 1. The zero-order valence-corrected chi connectivity index (χ0v) is 16.1. The molecule has 0 unspecified atom stereocenters. The number of aliphatic carboxylic acids is 1. The van der Waals surface area contributed by atoms with Crippen LogP contribution in [0.1, 0.15) is 49.1 Å². The SMILES string of the molecule is Cc1ccc(-c2c3c(cc(C)c2[C@H](OC(C)(C)C)C(=O)O)NCC3)cc1. The van der Waals surface area contributed by atoms with Crippen LogP contribution >= 0.6 is 0 Å². The van der Waals surface area contributed by atoms with Crippen LogP contribution in [0.2, 0.25) is 0 Å². The lowest BCUT2D eigenvalue weighted by atomic mass is 9.86. The molecule has 2 aromatic carbocycles. The molecule has 138 valence electrons. The van der Waals surface area contributed by atoms with Crippen molar-refractivity contribution in [3.63, 3.8) is 0 Å². The first-order valence-corrected chi connectivity index (χ1v) is 9.05. The van der Waals surface area contributed by atoms with Crippen LogP contribution in [0.15, 0.2) is 30.3 Å². The van der Waals surface area contributed by atoms with Crippen molar-refractivity contribution in [2.75, 3.05) is 11.9 Å². The summed E-state index contributed by atoms with van der Waals surface area (Å²) in [6.07, 6.45) is -0.120. The Labute approximate surface area is 155 Å². The molecule has 3 rings (SSSR count). The van der Waals surface area contributed by atoms with Crippen molar-refractivity contribution < 1.29 is 14.6 Å². The van der Waals surface area contributed by atoms with Gasteiger partial charge >= 0.3 is 5.97 Å². The van der Waals surface area contributed by atoms with Gasteiger partial charge in [-0.3, -0.25) is 0 Å². The van der Waals surface area contributed by atoms with Gasteiger partial charge < -0.3 is 15.2 Å². The van der Waals surface area contributed by atoms with Crippen LogP contribution in [-0.4, -0.2) is 23.2 Å². The molecular weight excluding hydrogens is 326 g/mol. The van der Waals surface area contributed by atoms with Gasteiger partial charge in [0, 0.05) is 17.8 Å². The summed E-state index contributed by atoms with van der Waals surface area (Å²) in [5.74, 6) is -0.956. The molecule has 4 heteroatoms. The fourth-order valence-electron chi connectivity index (χ4n) is 3.59. The molecule has 1 aliphatic rings. The minimum Gasteiger partial charge on any atom is -0.479 e. The Bertz CT molecular complexity index is 832. The van der Waals surface area contributed by atoms with Crippen molar-refractivity contribution in [1.29, 1.82) is 0 Å². The molecule has 1 atom stereocenters. The summed E-state index contributed by atoms with van der Waals surface area (Å²) >= 11 is 0. The van der Waals surface area contributed by atoms with E-state index in [1.54, 1.807) is 0 Å². The van der Waals surface area contributed by atoms with Gasteiger partial charge in [0.2, 0.25) is 0 Å². The zero-order chi connectivity index (χ0) is 19.1. The van der Waals surface area contributed by atoms with Gasteiger partial charge in [0.15, 0.2) is 6.10 Å². The molecule has 1 heterocycles. The monoisotopic (exact) mass is 353 g/mol. The van der Waals surface area contributed by atoms with Gasteiger partial charge in [-0.2, -0.15) is 0 Å². The number of hydrogen-bond acceptors (Lipinski definition) is 3. The maximum atomic E-state index is 12.1. The predicted molar refractivity (Wildman–Crippen MR) is 105 cm³/mol. The van der Waals surface area contributed by atoms with Crippen molar-refractivity contribution in [3.8, 4) is 11.1 Å². The number of carboxylic acid groups (broad SMARTS) is 1. The maximum absolute atomic E-state index is 12.1. The Morgan fingerprint density at radius 3 is 2.42 bits per heavy atom. The van der Waals surface area contributed by atoms with Crippen LogP contribution in [-0.2, 0) is 16.0 Å². The third kappa shape index (κ3) is 3.61. The second-order valence-electron chi connectivity index (χ2n) is 8.00. The number of carbonyl (C=O) groups is 1. The van der Waals surface area contributed by atoms with E-state index >= 15 is 0 Å². The Hall–Kier alpha value is -2.33. The first-order valence-electron chi connectivity index (χ1n) is 9.05.